The SMILES string of the molecule is CCN(CC(N)=O)c1cccc(NN)c1[N+](=O)[O-]. The van der Waals surface area contributed by atoms with Crippen LogP contribution < -0.4 is 21.9 Å². The summed E-state index contributed by atoms with van der Waals surface area (Å²) in [5, 5.41) is 11.1. The molecule has 0 aliphatic rings. The minimum Gasteiger partial charge on any atom is -0.368 e. The van der Waals surface area contributed by atoms with Crippen molar-refractivity contribution in [3.8, 4) is 0 Å². The van der Waals surface area contributed by atoms with Gasteiger partial charge >= 0.3 is 5.69 Å². The molecule has 0 aromatic heterocycles. The summed E-state index contributed by atoms with van der Waals surface area (Å²) in [5.41, 5.74) is 7.68. The Kier molecular flexibility index (Phi) is 4.44. The molecule has 0 unspecified atom stereocenters. The van der Waals surface area contributed by atoms with Crippen LogP contribution in [0.5, 0.6) is 0 Å². The Morgan fingerprint density at radius 3 is 2.67 bits per heavy atom. The first-order chi connectivity index (χ1) is 8.51. The predicted molar refractivity (Wildman–Crippen MR) is 68.0 cm³/mol. The summed E-state index contributed by atoms with van der Waals surface area (Å²) in [7, 11) is 0. The minimum atomic E-state index is -0.558. The molecule has 18 heavy (non-hydrogen) atoms. The number of primary amides is 1. The van der Waals surface area contributed by atoms with Gasteiger partial charge in [-0.3, -0.25) is 20.8 Å². The lowest BCUT2D eigenvalue weighted by atomic mass is 10.2. The number of amides is 1. The molecule has 0 aliphatic carbocycles. The van der Waals surface area contributed by atoms with E-state index in [1.807, 2.05) is 0 Å². The van der Waals surface area contributed by atoms with E-state index in [0.717, 1.165) is 0 Å². The molecule has 0 heterocycles. The lowest BCUT2D eigenvalue weighted by Gasteiger charge is -2.21. The standard InChI is InChI=1S/C10H15N5O3/c1-2-14(6-9(11)16)8-5-3-4-7(13-12)10(8)15(17)18/h3-5,13H,2,6,12H2,1H3,(H2,11,16). The second-order valence-electron chi connectivity index (χ2n) is 3.56. The van der Waals surface area contributed by atoms with Crippen LogP contribution in [-0.2, 0) is 4.79 Å². The largest absolute Gasteiger partial charge is 0.368 e. The molecule has 98 valence electrons. The first-order valence-corrected chi connectivity index (χ1v) is 5.28. The topological polar surface area (TPSA) is 128 Å². The first-order valence-electron chi connectivity index (χ1n) is 5.28. The fourth-order valence-electron chi connectivity index (χ4n) is 1.65. The minimum absolute atomic E-state index is 0.0919. The summed E-state index contributed by atoms with van der Waals surface area (Å²) in [6.45, 7) is 2.10. The third-order valence-corrected chi connectivity index (χ3v) is 2.42. The van der Waals surface area contributed by atoms with Gasteiger partial charge in [-0.25, -0.2) is 0 Å². The number of hydrogen-bond acceptors (Lipinski definition) is 6. The third-order valence-electron chi connectivity index (χ3n) is 2.42. The number of nitrogens with zero attached hydrogens (tertiary/aromatic N) is 2. The van der Waals surface area contributed by atoms with Crippen molar-refractivity contribution in [2.45, 2.75) is 6.92 Å². The highest BCUT2D eigenvalue weighted by atomic mass is 16.6. The van der Waals surface area contributed by atoms with Crippen molar-refractivity contribution in [3.05, 3.63) is 28.3 Å². The molecule has 5 N–H and O–H groups in total. The Morgan fingerprint density at radius 1 is 1.56 bits per heavy atom. The number of nitrogen functional groups attached to an aromatic ring is 1. The average Bonchev–Trinajstić information content (AvgIpc) is 2.34. The van der Waals surface area contributed by atoms with E-state index in [1.54, 1.807) is 19.1 Å². The number of carbonyl (C=O) groups is 1. The van der Waals surface area contributed by atoms with Crippen LogP contribution >= 0.6 is 0 Å². The predicted octanol–water partition coefficient (Wildman–Crippen LogP) is 0.192. The number of nitro groups is 1. The second kappa shape index (κ2) is 5.82. The zero-order valence-electron chi connectivity index (χ0n) is 9.92. The molecular weight excluding hydrogens is 238 g/mol. The maximum Gasteiger partial charge on any atom is 0.316 e. The van der Waals surface area contributed by atoms with E-state index in [1.165, 1.54) is 11.0 Å². The van der Waals surface area contributed by atoms with Crippen LogP contribution in [0.4, 0.5) is 17.1 Å². The Balaban J connectivity index is 3.28. The molecule has 0 saturated heterocycles. The molecule has 8 heteroatoms. The molecule has 0 aliphatic heterocycles. The molecule has 1 aromatic carbocycles. The van der Waals surface area contributed by atoms with E-state index in [2.05, 4.69) is 5.43 Å². The van der Waals surface area contributed by atoms with Gasteiger partial charge in [-0.2, -0.15) is 0 Å². The van der Waals surface area contributed by atoms with Crippen LogP contribution in [0.3, 0.4) is 0 Å². The van der Waals surface area contributed by atoms with Crippen molar-refractivity contribution in [3.63, 3.8) is 0 Å². The summed E-state index contributed by atoms with van der Waals surface area (Å²) in [6.07, 6.45) is 0. The lowest BCUT2D eigenvalue weighted by molar-refractivity contribution is -0.383. The summed E-state index contributed by atoms with van der Waals surface area (Å²) < 4.78 is 0. The number of para-hydroxylation sites is 1. The van der Waals surface area contributed by atoms with Gasteiger partial charge in [-0.15, -0.1) is 0 Å². The molecule has 1 aromatic rings. The number of hydrazine groups is 1. The molecule has 0 fully saturated rings. The smallest absolute Gasteiger partial charge is 0.316 e. The summed E-state index contributed by atoms with van der Waals surface area (Å²) in [4.78, 5) is 23.0. The fourth-order valence-corrected chi connectivity index (χ4v) is 1.65. The van der Waals surface area contributed by atoms with Crippen molar-refractivity contribution in [1.82, 2.24) is 0 Å². The van der Waals surface area contributed by atoms with Gasteiger partial charge in [0, 0.05) is 6.54 Å². The van der Waals surface area contributed by atoms with Gasteiger partial charge in [0.25, 0.3) is 0 Å². The van der Waals surface area contributed by atoms with Crippen LogP contribution in [0.15, 0.2) is 18.2 Å². The van der Waals surface area contributed by atoms with E-state index in [9.17, 15) is 14.9 Å². The van der Waals surface area contributed by atoms with Crippen molar-refractivity contribution in [2.75, 3.05) is 23.4 Å². The fraction of sp³-hybridized carbons (Fsp3) is 0.300. The Morgan fingerprint density at radius 2 is 2.22 bits per heavy atom. The van der Waals surface area contributed by atoms with Gasteiger partial charge in [-0.05, 0) is 19.1 Å². The Labute approximate surface area is 104 Å². The van der Waals surface area contributed by atoms with Gasteiger partial charge in [0.1, 0.15) is 11.4 Å². The number of nitrogens with one attached hydrogen (secondary N) is 1. The molecule has 8 nitrogen and oxygen atoms in total. The van der Waals surface area contributed by atoms with E-state index in [-0.39, 0.29) is 17.9 Å². The maximum absolute atomic E-state index is 11.1. The van der Waals surface area contributed by atoms with Gasteiger partial charge in [0.2, 0.25) is 5.91 Å². The van der Waals surface area contributed by atoms with Crippen molar-refractivity contribution in [1.29, 1.82) is 0 Å². The number of benzene rings is 1. The van der Waals surface area contributed by atoms with Crippen LogP contribution in [0.1, 0.15) is 6.92 Å². The zero-order valence-corrected chi connectivity index (χ0v) is 9.92. The highest BCUT2D eigenvalue weighted by Crippen LogP contribution is 2.34. The average molecular weight is 253 g/mol. The molecule has 1 rings (SSSR count). The number of nitrogens with two attached hydrogens (primary N) is 2. The van der Waals surface area contributed by atoms with E-state index >= 15 is 0 Å². The van der Waals surface area contributed by atoms with Gasteiger partial charge in [0.05, 0.1) is 11.5 Å². The van der Waals surface area contributed by atoms with Gasteiger partial charge < -0.3 is 16.1 Å². The van der Waals surface area contributed by atoms with E-state index in [0.29, 0.717) is 12.2 Å². The molecule has 0 bridgehead atoms. The number of carbonyl (C=O) groups excluding carboxylic acids is 1. The van der Waals surface area contributed by atoms with E-state index < -0.39 is 10.8 Å². The van der Waals surface area contributed by atoms with Crippen molar-refractivity contribution >= 4 is 23.0 Å². The van der Waals surface area contributed by atoms with Crippen LogP contribution in [-0.4, -0.2) is 23.9 Å². The van der Waals surface area contributed by atoms with Crippen LogP contribution in [0.25, 0.3) is 0 Å². The molecule has 0 atom stereocenters. The second-order valence-corrected chi connectivity index (χ2v) is 3.56. The first kappa shape index (κ1) is 13.7. The molecular formula is C10H15N5O3. The van der Waals surface area contributed by atoms with Gasteiger partial charge in [0.15, 0.2) is 0 Å². The number of rotatable bonds is 6. The van der Waals surface area contributed by atoms with Crippen molar-refractivity contribution in [2.24, 2.45) is 11.6 Å². The van der Waals surface area contributed by atoms with Gasteiger partial charge in [-0.1, -0.05) is 6.07 Å². The Bertz CT molecular complexity index is 463. The van der Waals surface area contributed by atoms with Crippen LogP contribution in [0.2, 0.25) is 0 Å². The molecule has 1 amide bonds. The van der Waals surface area contributed by atoms with Crippen molar-refractivity contribution < 1.29 is 9.72 Å². The lowest BCUT2D eigenvalue weighted by Crippen LogP contribution is -2.34. The molecule has 0 saturated carbocycles. The highest BCUT2D eigenvalue weighted by Gasteiger charge is 2.23. The monoisotopic (exact) mass is 253 g/mol. The Hall–Kier alpha value is -2.35. The normalized spacial score (nSPS) is 9.89. The van der Waals surface area contributed by atoms with E-state index in [4.69, 9.17) is 11.6 Å². The molecule has 0 spiro atoms. The summed E-state index contributed by atoms with van der Waals surface area (Å²) in [6, 6.07) is 4.65. The number of hydrogen-bond donors (Lipinski definition) is 3. The maximum atomic E-state index is 11.1. The number of nitro benzene ring substituents is 1. The number of likely N-dealkylation sites (N-methyl/N-ethyl adjacent to an activating group) is 1. The third kappa shape index (κ3) is 2.86. The zero-order chi connectivity index (χ0) is 13.7. The van der Waals surface area contributed by atoms with Crippen LogP contribution in [0, 0.1) is 10.1 Å². The number of anilines is 2. The summed E-state index contributed by atoms with van der Waals surface area (Å²) >= 11 is 0. The highest BCUT2D eigenvalue weighted by molar-refractivity contribution is 5.83. The quantitative estimate of drug-likeness (QED) is 0.377. The molecule has 0 radical (unpaired) electrons. The summed E-state index contributed by atoms with van der Waals surface area (Å²) in [5.74, 6) is 4.68.